The molecule has 0 aromatic rings. The number of hydrogen-bond acceptors (Lipinski definition) is 4. The Morgan fingerprint density at radius 2 is 2.07 bits per heavy atom. The van der Waals surface area contributed by atoms with Crippen LogP contribution in [0.3, 0.4) is 0 Å². The van der Waals surface area contributed by atoms with E-state index in [-0.39, 0.29) is 32.5 Å². The molecular weight excluding hydrogens is 208 g/mol. The van der Waals surface area contributed by atoms with E-state index in [4.69, 9.17) is 0 Å². The van der Waals surface area contributed by atoms with Gasteiger partial charge in [-0.15, -0.1) is 0 Å². The summed E-state index contributed by atoms with van der Waals surface area (Å²) in [6.45, 7) is 0.449. The molecule has 4 nitrogen and oxygen atoms in total. The van der Waals surface area contributed by atoms with Gasteiger partial charge in [0.2, 0.25) is 0 Å². The molecule has 1 rings (SSSR count). The predicted molar refractivity (Wildman–Crippen MR) is 48.6 cm³/mol. The van der Waals surface area contributed by atoms with E-state index in [1.807, 2.05) is 0 Å². The van der Waals surface area contributed by atoms with Crippen LogP contribution in [0.25, 0.3) is 0 Å². The van der Waals surface area contributed by atoms with Crippen LogP contribution in [0.5, 0.6) is 0 Å². The molecule has 0 aliphatic carbocycles. The lowest BCUT2D eigenvalue weighted by atomic mass is 10.1. The molecule has 15 heavy (non-hydrogen) atoms. The Labute approximate surface area is 86.8 Å². The Kier molecular flexibility index (Phi) is 3.98. The third-order valence-electron chi connectivity index (χ3n) is 2.49. The van der Waals surface area contributed by atoms with Crippen molar-refractivity contribution < 1.29 is 23.4 Å². The van der Waals surface area contributed by atoms with Gasteiger partial charge >= 0.3 is 5.97 Å². The van der Waals surface area contributed by atoms with Gasteiger partial charge in [0.15, 0.2) is 6.10 Å². The van der Waals surface area contributed by atoms with E-state index in [9.17, 15) is 18.7 Å². The van der Waals surface area contributed by atoms with Crippen molar-refractivity contribution in [3.05, 3.63) is 0 Å². The highest BCUT2D eigenvalue weighted by Gasteiger charge is 2.35. The van der Waals surface area contributed by atoms with Gasteiger partial charge in [0, 0.05) is 32.5 Å². The van der Waals surface area contributed by atoms with E-state index in [0.29, 0.717) is 0 Å². The average Bonchev–Trinajstić information content (AvgIpc) is 2.20. The minimum Gasteiger partial charge on any atom is -0.467 e. The number of piperidine rings is 1. The summed E-state index contributed by atoms with van der Waals surface area (Å²) in [7, 11) is 1.18. The second-order valence-corrected chi connectivity index (χ2v) is 3.70. The second-order valence-electron chi connectivity index (χ2n) is 3.70. The molecule has 6 heteroatoms. The van der Waals surface area contributed by atoms with E-state index < -0.39 is 18.0 Å². The summed E-state index contributed by atoms with van der Waals surface area (Å²) in [4.78, 5) is 12.5. The predicted octanol–water partition coefficient (Wildman–Crippen LogP) is 0.251. The fourth-order valence-electron chi connectivity index (χ4n) is 1.52. The third kappa shape index (κ3) is 3.71. The summed E-state index contributed by atoms with van der Waals surface area (Å²) >= 11 is 0. The van der Waals surface area contributed by atoms with Crippen LogP contribution in [0.4, 0.5) is 8.78 Å². The number of aliphatic hydroxyl groups excluding tert-OH is 1. The molecule has 1 aliphatic rings. The van der Waals surface area contributed by atoms with Crippen LogP contribution >= 0.6 is 0 Å². The monoisotopic (exact) mass is 223 g/mol. The zero-order valence-electron chi connectivity index (χ0n) is 8.58. The van der Waals surface area contributed by atoms with Crippen LogP contribution in [0, 0.1) is 0 Å². The Morgan fingerprint density at radius 3 is 2.53 bits per heavy atom. The van der Waals surface area contributed by atoms with E-state index >= 15 is 0 Å². The largest absolute Gasteiger partial charge is 0.467 e. The number of aliphatic hydroxyl groups is 1. The SMILES string of the molecule is COC(=O)[C@H](O)CN1CCC(F)(F)CC1. The summed E-state index contributed by atoms with van der Waals surface area (Å²) in [6.07, 6.45) is -1.69. The molecule has 0 aromatic heterocycles. The number of halogens is 2. The number of carbonyl (C=O) groups is 1. The van der Waals surface area contributed by atoms with Crippen LogP contribution in [-0.4, -0.2) is 54.7 Å². The number of carbonyl (C=O) groups excluding carboxylic acids is 1. The molecule has 1 heterocycles. The van der Waals surface area contributed by atoms with Crippen LogP contribution in [0.2, 0.25) is 0 Å². The van der Waals surface area contributed by atoms with Gasteiger partial charge in [-0.1, -0.05) is 0 Å². The summed E-state index contributed by atoms with van der Waals surface area (Å²) in [6, 6.07) is 0. The van der Waals surface area contributed by atoms with Crippen molar-refractivity contribution in [1.82, 2.24) is 4.90 Å². The van der Waals surface area contributed by atoms with Crippen molar-refractivity contribution in [2.24, 2.45) is 0 Å². The van der Waals surface area contributed by atoms with Gasteiger partial charge in [-0.3, -0.25) is 4.90 Å². The number of hydrogen-bond donors (Lipinski definition) is 1. The second kappa shape index (κ2) is 4.85. The van der Waals surface area contributed by atoms with Gasteiger partial charge in [-0.05, 0) is 0 Å². The molecule has 0 bridgehead atoms. The molecule has 1 fully saturated rings. The van der Waals surface area contributed by atoms with E-state index in [1.54, 1.807) is 4.90 Å². The number of likely N-dealkylation sites (tertiary alicyclic amines) is 1. The highest BCUT2D eigenvalue weighted by Crippen LogP contribution is 2.27. The van der Waals surface area contributed by atoms with Crippen molar-refractivity contribution in [3.8, 4) is 0 Å². The van der Waals surface area contributed by atoms with Gasteiger partial charge in [0.05, 0.1) is 7.11 Å². The Hall–Kier alpha value is -0.750. The first-order valence-electron chi connectivity index (χ1n) is 4.81. The molecule has 0 saturated carbocycles. The molecule has 0 amide bonds. The molecule has 1 saturated heterocycles. The first-order valence-corrected chi connectivity index (χ1v) is 4.81. The fraction of sp³-hybridized carbons (Fsp3) is 0.889. The van der Waals surface area contributed by atoms with E-state index in [0.717, 1.165) is 0 Å². The molecule has 1 N–H and O–H groups in total. The summed E-state index contributed by atoms with van der Waals surface area (Å²) < 4.78 is 29.8. The maximum Gasteiger partial charge on any atom is 0.336 e. The van der Waals surface area contributed by atoms with Gasteiger partial charge < -0.3 is 9.84 Å². The van der Waals surface area contributed by atoms with Crippen molar-refractivity contribution >= 4 is 5.97 Å². The lowest BCUT2D eigenvalue weighted by molar-refractivity contribution is -0.152. The quantitative estimate of drug-likeness (QED) is 0.697. The molecule has 0 radical (unpaired) electrons. The number of β-amino-alcohol motifs (C(OH)–C–C–N with tert-alkyl or cyclic N) is 1. The summed E-state index contributed by atoms with van der Waals surface area (Å²) in [5.74, 6) is -3.33. The van der Waals surface area contributed by atoms with Crippen LogP contribution in [-0.2, 0) is 9.53 Å². The van der Waals surface area contributed by atoms with Crippen LogP contribution < -0.4 is 0 Å². The topological polar surface area (TPSA) is 49.8 Å². The zero-order chi connectivity index (χ0) is 11.5. The minimum atomic E-state index is -2.60. The highest BCUT2D eigenvalue weighted by atomic mass is 19.3. The zero-order valence-corrected chi connectivity index (χ0v) is 8.58. The molecule has 0 spiro atoms. The van der Waals surface area contributed by atoms with Crippen molar-refractivity contribution in [2.75, 3.05) is 26.7 Å². The molecule has 0 aromatic carbocycles. The van der Waals surface area contributed by atoms with Gasteiger partial charge in [0.25, 0.3) is 5.92 Å². The molecule has 88 valence electrons. The minimum absolute atomic E-state index is 0.0583. The Bertz CT molecular complexity index is 225. The maximum absolute atomic E-state index is 12.8. The van der Waals surface area contributed by atoms with E-state index in [2.05, 4.69) is 4.74 Å². The third-order valence-corrected chi connectivity index (χ3v) is 2.49. The number of esters is 1. The lowest BCUT2D eigenvalue weighted by Crippen LogP contribution is -2.44. The van der Waals surface area contributed by atoms with E-state index in [1.165, 1.54) is 7.11 Å². The molecule has 1 aliphatic heterocycles. The number of alkyl halides is 2. The summed E-state index contributed by atoms with van der Waals surface area (Å²) in [5.41, 5.74) is 0. The van der Waals surface area contributed by atoms with Crippen molar-refractivity contribution in [3.63, 3.8) is 0 Å². The van der Waals surface area contributed by atoms with Gasteiger partial charge in [-0.2, -0.15) is 0 Å². The maximum atomic E-state index is 12.8. The fourth-order valence-corrected chi connectivity index (χ4v) is 1.52. The van der Waals surface area contributed by atoms with Crippen molar-refractivity contribution in [1.29, 1.82) is 0 Å². The molecule has 0 unspecified atom stereocenters. The van der Waals surface area contributed by atoms with Crippen LogP contribution in [0.15, 0.2) is 0 Å². The normalized spacial score (nSPS) is 23.5. The van der Waals surface area contributed by atoms with Crippen molar-refractivity contribution in [2.45, 2.75) is 24.9 Å². The number of nitrogens with zero attached hydrogens (tertiary/aromatic N) is 1. The average molecular weight is 223 g/mol. The first kappa shape index (κ1) is 12.3. The number of rotatable bonds is 3. The lowest BCUT2D eigenvalue weighted by Gasteiger charge is -2.32. The summed E-state index contributed by atoms with van der Waals surface area (Å²) in [5, 5.41) is 9.30. The standard InChI is InChI=1S/C9H15F2NO3/c1-15-8(14)7(13)6-12-4-2-9(10,11)3-5-12/h7,13H,2-6H2,1H3/t7-/m1/s1. The Balaban J connectivity index is 2.32. The number of ether oxygens (including phenoxy) is 1. The first-order chi connectivity index (χ1) is 6.94. The van der Waals surface area contributed by atoms with Gasteiger partial charge in [0.1, 0.15) is 0 Å². The van der Waals surface area contributed by atoms with Gasteiger partial charge in [-0.25, -0.2) is 13.6 Å². The molecular formula is C9H15F2NO3. The van der Waals surface area contributed by atoms with Crippen LogP contribution in [0.1, 0.15) is 12.8 Å². The highest BCUT2D eigenvalue weighted by molar-refractivity contribution is 5.74. The molecule has 1 atom stereocenters. The smallest absolute Gasteiger partial charge is 0.336 e. The number of methoxy groups -OCH3 is 1. The Morgan fingerprint density at radius 1 is 1.53 bits per heavy atom.